The molecule has 2 aliphatic rings. The Morgan fingerprint density at radius 2 is 1.74 bits per heavy atom. The highest BCUT2D eigenvalue weighted by Gasteiger charge is 2.40. The first-order valence-electron chi connectivity index (χ1n) is 8.19. The minimum Gasteiger partial charge on any atom is -0.356 e. The van der Waals surface area contributed by atoms with E-state index in [2.05, 4.69) is 51.2 Å². The number of rotatable bonds is 3. The number of anilines is 1. The number of likely N-dealkylation sites (tertiary alicyclic amines) is 1. The van der Waals surface area contributed by atoms with E-state index in [0.717, 1.165) is 37.3 Å². The van der Waals surface area contributed by atoms with E-state index in [1.807, 2.05) is 12.1 Å². The molecule has 2 fully saturated rings. The Bertz CT molecular complexity index is 690. The number of aromatic nitrogens is 1. The Morgan fingerprint density at radius 1 is 1.00 bits per heavy atom. The predicted molar refractivity (Wildman–Crippen MR) is 89.9 cm³/mol. The Hall–Kier alpha value is -2.38. The molecule has 3 heterocycles. The molecule has 4 heteroatoms. The lowest BCUT2D eigenvalue weighted by Gasteiger charge is -2.22. The van der Waals surface area contributed by atoms with Crippen LogP contribution in [0.25, 0.3) is 0 Å². The molecule has 2 unspecified atom stereocenters. The standard InChI is InChI=1S/C19H20N4/c20-8-16-6-7-19(21-9-16)23-13-17-11-22(12-18(17)14-23)10-15-4-2-1-3-5-15/h1-7,9,17-18H,10-14H2. The second kappa shape index (κ2) is 6.02. The number of hydrogen-bond donors (Lipinski definition) is 0. The molecule has 2 saturated heterocycles. The van der Waals surface area contributed by atoms with Crippen LogP contribution in [-0.4, -0.2) is 36.1 Å². The van der Waals surface area contributed by atoms with Gasteiger partial charge in [-0.15, -0.1) is 0 Å². The van der Waals surface area contributed by atoms with Crippen molar-refractivity contribution < 1.29 is 0 Å². The van der Waals surface area contributed by atoms with Gasteiger partial charge in [-0.05, 0) is 29.5 Å². The monoisotopic (exact) mass is 304 g/mol. The van der Waals surface area contributed by atoms with Gasteiger partial charge in [0.1, 0.15) is 11.9 Å². The molecule has 0 amide bonds. The maximum absolute atomic E-state index is 8.87. The Balaban J connectivity index is 1.37. The van der Waals surface area contributed by atoms with Gasteiger partial charge in [0.25, 0.3) is 0 Å². The summed E-state index contributed by atoms with van der Waals surface area (Å²) in [6.45, 7) is 5.56. The van der Waals surface area contributed by atoms with E-state index in [1.54, 1.807) is 6.20 Å². The molecule has 2 aliphatic heterocycles. The fraction of sp³-hybridized carbons (Fsp3) is 0.368. The molecule has 116 valence electrons. The molecule has 4 rings (SSSR count). The highest BCUT2D eigenvalue weighted by atomic mass is 15.3. The topological polar surface area (TPSA) is 43.2 Å². The molecule has 0 aliphatic carbocycles. The van der Waals surface area contributed by atoms with Crippen molar-refractivity contribution in [2.24, 2.45) is 11.8 Å². The van der Waals surface area contributed by atoms with Gasteiger partial charge in [0.05, 0.1) is 5.56 Å². The fourth-order valence-electron chi connectivity index (χ4n) is 3.89. The number of pyridine rings is 1. The van der Waals surface area contributed by atoms with Crippen LogP contribution in [0.4, 0.5) is 5.82 Å². The summed E-state index contributed by atoms with van der Waals surface area (Å²) in [4.78, 5) is 9.38. The molecule has 23 heavy (non-hydrogen) atoms. The van der Waals surface area contributed by atoms with Crippen LogP contribution in [0, 0.1) is 23.2 Å². The average molecular weight is 304 g/mol. The van der Waals surface area contributed by atoms with Gasteiger partial charge >= 0.3 is 0 Å². The minimum atomic E-state index is 0.627. The van der Waals surface area contributed by atoms with E-state index in [-0.39, 0.29) is 0 Å². The predicted octanol–water partition coefficient (Wildman–Crippen LogP) is 2.52. The Kier molecular flexibility index (Phi) is 3.72. The normalized spacial score (nSPS) is 23.7. The van der Waals surface area contributed by atoms with Crippen molar-refractivity contribution in [3.63, 3.8) is 0 Å². The molecule has 0 bridgehead atoms. The van der Waals surface area contributed by atoms with Crippen molar-refractivity contribution in [1.82, 2.24) is 9.88 Å². The second-order valence-corrected chi connectivity index (χ2v) is 6.62. The lowest BCUT2D eigenvalue weighted by Crippen LogP contribution is -2.29. The van der Waals surface area contributed by atoms with E-state index in [0.29, 0.717) is 5.56 Å². The smallest absolute Gasteiger partial charge is 0.128 e. The third-order valence-electron chi connectivity index (χ3n) is 5.01. The number of fused-ring (bicyclic) bond motifs is 1. The fourth-order valence-corrected chi connectivity index (χ4v) is 3.89. The van der Waals surface area contributed by atoms with E-state index < -0.39 is 0 Å². The molecule has 0 saturated carbocycles. The quantitative estimate of drug-likeness (QED) is 0.874. The first kappa shape index (κ1) is 14.2. The van der Waals surface area contributed by atoms with Gasteiger partial charge in [0.2, 0.25) is 0 Å². The van der Waals surface area contributed by atoms with Crippen LogP contribution >= 0.6 is 0 Å². The number of hydrogen-bond acceptors (Lipinski definition) is 4. The largest absolute Gasteiger partial charge is 0.356 e. The third kappa shape index (κ3) is 2.93. The van der Waals surface area contributed by atoms with Crippen molar-refractivity contribution in [3.05, 3.63) is 59.8 Å². The van der Waals surface area contributed by atoms with Gasteiger partial charge in [-0.1, -0.05) is 30.3 Å². The van der Waals surface area contributed by atoms with Crippen LogP contribution in [0.3, 0.4) is 0 Å². The third-order valence-corrected chi connectivity index (χ3v) is 5.01. The summed E-state index contributed by atoms with van der Waals surface area (Å²) >= 11 is 0. The van der Waals surface area contributed by atoms with Crippen molar-refractivity contribution in [3.8, 4) is 6.07 Å². The first-order chi connectivity index (χ1) is 11.3. The summed E-state index contributed by atoms with van der Waals surface area (Å²) in [5.41, 5.74) is 2.03. The summed E-state index contributed by atoms with van der Waals surface area (Å²) < 4.78 is 0. The highest BCUT2D eigenvalue weighted by molar-refractivity contribution is 5.43. The molecule has 1 aromatic carbocycles. The van der Waals surface area contributed by atoms with Crippen LogP contribution < -0.4 is 4.90 Å². The first-order valence-corrected chi connectivity index (χ1v) is 8.19. The van der Waals surface area contributed by atoms with Gasteiger partial charge in [0.15, 0.2) is 0 Å². The SMILES string of the molecule is N#Cc1ccc(N2CC3CN(Cc4ccccc4)CC3C2)nc1. The Morgan fingerprint density at radius 3 is 2.35 bits per heavy atom. The highest BCUT2D eigenvalue weighted by Crippen LogP contribution is 2.33. The second-order valence-electron chi connectivity index (χ2n) is 6.62. The molecular weight excluding hydrogens is 284 g/mol. The Labute approximate surface area is 137 Å². The summed E-state index contributed by atoms with van der Waals surface area (Å²) in [6.07, 6.45) is 1.67. The van der Waals surface area contributed by atoms with Crippen molar-refractivity contribution in [2.75, 3.05) is 31.1 Å². The molecular formula is C19H20N4. The van der Waals surface area contributed by atoms with Gasteiger partial charge in [0, 0.05) is 38.9 Å². The van der Waals surface area contributed by atoms with Crippen LogP contribution in [-0.2, 0) is 6.54 Å². The zero-order chi connectivity index (χ0) is 15.6. The van der Waals surface area contributed by atoms with Crippen LogP contribution in [0.5, 0.6) is 0 Å². The van der Waals surface area contributed by atoms with Crippen molar-refractivity contribution in [2.45, 2.75) is 6.54 Å². The molecule has 0 spiro atoms. The summed E-state index contributed by atoms with van der Waals surface area (Å²) in [5, 5.41) is 8.87. The van der Waals surface area contributed by atoms with Gasteiger partial charge < -0.3 is 4.90 Å². The summed E-state index contributed by atoms with van der Waals surface area (Å²) in [6, 6.07) is 16.7. The van der Waals surface area contributed by atoms with Crippen LogP contribution in [0.2, 0.25) is 0 Å². The van der Waals surface area contributed by atoms with E-state index in [1.165, 1.54) is 18.7 Å². The van der Waals surface area contributed by atoms with E-state index in [4.69, 9.17) is 5.26 Å². The molecule has 0 N–H and O–H groups in total. The summed E-state index contributed by atoms with van der Waals surface area (Å²) in [7, 11) is 0. The maximum atomic E-state index is 8.87. The summed E-state index contributed by atoms with van der Waals surface area (Å²) in [5.74, 6) is 2.47. The molecule has 4 nitrogen and oxygen atoms in total. The zero-order valence-corrected chi connectivity index (χ0v) is 13.1. The van der Waals surface area contributed by atoms with E-state index in [9.17, 15) is 0 Å². The van der Waals surface area contributed by atoms with Gasteiger partial charge in [-0.2, -0.15) is 5.26 Å². The van der Waals surface area contributed by atoms with Gasteiger partial charge in [-0.25, -0.2) is 4.98 Å². The zero-order valence-electron chi connectivity index (χ0n) is 13.1. The van der Waals surface area contributed by atoms with Crippen molar-refractivity contribution in [1.29, 1.82) is 5.26 Å². The number of benzene rings is 1. The van der Waals surface area contributed by atoms with Crippen molar-refractivity contribution >= 4 is 5.82 Å². The molecule has 2 atom stereocenters. The molecule has 0 radical (unpaired) electrons. The number of nitrogens with zero attached hydrogens (tertiary/aromatic N) is 4. The minimum absolute atomic E-state index is 0.627. The van der Waals surface area contributed by atoms with Crippen LogP contribution in [0.1, 0.15) is 11.1 Å². The average Bonchev–Trinajstić information content (AvgIpc) is 3.14. The molecule has 1 aromatic heterocycles. The van der Waals surface area contributed by atoms with E-state index >= 15 is 0 Å². The lowest BCUT2D eigenvalue weighted by atomic mass is 10.0. The molecule has 2 aromatic rings. The maximum Gasteiger partial charge on any atom is 0.128 e. The van der Waals surface area contributed by atoms with Gasteiger partial charge in [-0.3, -0.25) is 4.90 Å². The number of nitriles is 1. The lowest BCUT2D eigenvalue weighted by molar-refractivity contribution is 0.309. The van der Waals surface area contributed by atoms with Crippen LogP contribution in [0.15, 0.2) is 48.7 Å².